The summed E-state index contributed by atoms with van der Waals surface area (Å²) in [6, 6.07) is 1.27. The van der Waals surface area contributed by atoms with Crippen LogP contribution >= 0.6 is 22.7 Å². The molecule has 4 nitrogen and oxygen atoms in total. The van der Waals surface area contributed by atoms with E-state index in [1.807, 2.05) is 27.7 Å². The van der Waals surface area contributed by atoms with Gasteiger partial charge in [0, 0.05) is 11.1 Å². The summed E-state index contributed by atoms with van der Waals surface area (Å²) in [5, 5.41) is 0. The SMILES string of the molecule is CC.CC.O=C1C(=O)c2cc(C(=O)c3c(F)c(F)c(F)c(F)c3F)sc2-c2sc(C(=O)c3c(F)c(F)c(F)c(F)c3F)cc21. The molecule has 0 spiro atoms. The van der Waals surface area contributed by atoms with Gasteiger partial charge in [0.1, 0.15) is 11.1 Å². The van der Waals surface area contributed by atoms with Crippen LogP contribution in [0.4, 0.5) is 43.9 Å². The summed E-state index contributed by atoms with van der Waals surface area (Å²) in [6.07, 6.45) is 0. The van der Waals surface area contributed by atoms with Crippen LogP contribution in [0.2, 0.25) is 0 Å². The highest BCUT2D eigenvalue weighted by Crippen LogP contribution is 2.45. The maximum absolute atomic E-state index is 14.2. The molecule has 16 heteroatoms. The van der Waals surface area contributed by atoms with Crippen LogP contribution in [-0.2, 0) is 0 Å². The van der Waals surface area contributed by atoms with Crippen molar-refractivity contribution in [3.63, 3.8) is 0 Å². The number of hydrogen-bond acceptors (Lipinski definition) is 6. The zero-order valence-corrected chi connectivity index (χ0v) is 24.0. The Kier molecular flexibility index (Phi) is 9.99. The number of Topliss-reactive ketones (excluding diaryl/α,β-unsaturated/α-hetero) is 2. The maximum atomic E-state index is 14.2. The van der Waals surface area contributed by atoms with Crippen molar-refractivity contribution in [2.75, 3.05) is 0 Å². The first kappa shape index (κ1) is 34.3. The van der Waals surface area contributed by atoms with E-state index in [4.69, 9.17) is 0 Å². The molecule has 232 valence electrons. The van der Waals surface area contributed by atoms with Gasteiger partial charge in [-0.05, 0) is 12.1 Å². The molecule has 4 aromatic rings. The third-order valence-corrected chi connectivity index (χ3v) is 8.12. The van der Waals surface area contributed by atoms with Gasteiger partial charge < -0.3 is 0 Å². The predicted molar refractivity (Wildman–Crippen MR) is 138 cm³/mol. The van der Waals surface area contributed by atoms with E-state index < -0.39 is 113 Å². The summed E-state index contributed by atoms with van der Waals surface area (Å²) < 4.78 is 138. The average Bonchev–Trinajstić information content (AvgIpc) is 3.68. The maximum Gasteiger partial charge on any atom is 0.235 e. The summed E-state index contributed by atoms with van der Waals surface area (Å²) in [4.78, 5) is 48.5. The van der Waals surface area contributed by atoms with Crippen molar-refractivity contribution < 1.29 is 63.1 Å². The predicted octanol–water partition coefficient (Wildman–Crippen LogP) is 8.76. The summed E-state index contributed by atoms with van der Waals surface area (Å²) >= 11 is 0.482. The van der Waals surface area contributed by atoms with Gasteiger partial charge in [0.15, 0.2) is 46.5 Å². The summed E-state index contributed by atoms with van der Waals surface area (Å²) in [5.74, 6) is -30.9. The molecular weight excluding hydrogens is 654 g/mol. The number of ketones is 4. The second-order valence-electron chi connectivity index (χ2n) is 7.91. The minimum Gasteiger partial charge on any atom is -0.287 e. The first-order valence-electron chi connectivity index (χ1n) is 12.2. The molecule has 0 atom stereocenters. The molecule has 5 rings (SSSR count). The van der Waals surface area contributed by atoms with Crippen LogP contribution in [-0.4, -0.2) is 23.1 Å². The van der Waals surface area contributed by atoms with Gasteiger partial charge in [0.05, 0.1) is 19.5 Å². The number of hydrogen-bond donors (Lipinski definition) is 0. The second kappa shape index (κ2) is 12.8. The third kappa shape index (κ3) is 5.15. The highest BCUT2D eigenvalue weighted by Gasteiger charge is 2.39. The van der Waals surface area contributed by atoms with Crippen molar-refractivity contribution in [2.45, 2.75) is 27.7 Å². The smallest absolute Gasteiger partial charge is 0.235 e. The highest BCUT2D eigenvalue weighted by molar-refractivity contribution is 7.25. The molecule has 0 aliphatic heterocycles. The van der Waals surface area contributed by atoms with Gasteiger partial charge in [-0.2, -0.15) is 0 Å². The Morgan fingerprint density at radius 2 is 0.682 bits per heavy atom. The monoisotopic (exact) mass is 668 g/mol. The van der Waals surface area contributed by atoms with E-state index in [9.17, 15) is 63.1 Å². The van der Waals surface area contributed by atoms with Crippen LogP contribution in [0.1, 0.15) is 78.9 Å². The van der Waals surface area contributed by atoms with Crippen LogP contribution in [0, 0.1) is 58.2 Å². The van der Waals surface area contributed by atoms with Crippen molar-refractivity contribution in [1.82, 2.24) is 0 Å². The van der Waals surface area contributed by atoms with E-state index in [2.05, 4.69) is 0 Å². The fraction of sp³-hybridized carbons (Fsp3) is 0.143. The van der Waals surface area contributed by atoms with Crippen LogP contribution < -0.4 is 0 Å². The third-order valence-electron chi connectivity index (χ3n) is 5.69. The Hall–Kier alpha value is -4.18. The minimum absolute atomic E-state index is 0.241. The van der Waals surface area contributed by atoms with E-state index in [1.54, 1.807) is 0 Å². The number of halogens is 10. The van der Waals surface area contributed by atoms with Gasteiger partial charge in [-0.15, -0.1) is 22.7 Å². The van der Waals surface area contributed by atoms with Crippen molar-refractivity contribution in [2.24, 2.45) is 0 Å². The number of carbonyl (C=O) groups excluding carboxylic acids is 4. The molecule has 1 aliphatic carbocycles. The lowest BCUT2D eigenvalue weighted by Gasteiger charge is -2.08. The molecule has 0 amide bonds. The molecule has 2 heterocycles. The van der Waals surface area contributed by atoms with Crippen LogP contribution in [0.25, 0.3) is 9.75 Å². The Balaban J connectivity index is 0.00000127. The topological polar surface area (TPSA) is 68.3 Å². The number of fused-ring (bicyclic) bond motifs is 3. The molecule has 1 aliphatic rings. The molecule has 0 fully saturated rings. The van der Waals surface area contributed by atoms with Gasteiger partial charge in [-0.25, -0.2) is 43.9 Å². The van der Waals surface area contributed by atoms with E-state index in [0.29, 0.717) is 12.1 Å². The van der Waals surface area contributed by atoms with Crippen molar-refractivity contribution >= 4 is 45.8 Å². The second-order valence-corrected chi connectivity index (χ2v) is 10.0. The molecule has 0 unspecified atom stereocenters. The first-order valence-corrected chi connectivity index (χ1v) is 13.8. The lowest BCUT2D eigenvalue weighted by atomic mass is 9.94. The molecule has 0 radical (unpaired) electrons. The van der Waals surface area contributed by atoms with E-state index >= 15 is 0 Å². The molecule has 44 heavy (non-hydrogen) atoms. The summed E-state index contributed by atoms with van der Waals surface area (Å²) in [6.45, 7) is 8.00. The normalized spacial score (nSPS) is 11.7. The lowest BCUT2D eigenvalue weighted by molar-refractivity contribution is 0.0816. The number of benzene rings is 2. The van der Waals surface area contributed by atoms with Crippen LogP contribution in [0.15, 0.2) is 12.1 Å². The Morgan fingerprint density at radius 3 is 0.932 bits per heavy atom. The average molecular weight is 669 g/mol. The Morgan fingerprint density at radius 1 is 0.455 bits per heavy atom. The van der Waals surface area contributed by atoms with E-state index in [-0.39, 0.29) is 32.4 Å². The molecule has 2 aromatic carbocycles. The lowest BCUT2D eigenvalue weighted by Crippen LogP contribution is -2.18. The Labute approximate surface area is 248 Å². The number of carbonyl (C=O) groups is 4. The fourth-order valence-electron chi connectivity index (χ4n) is 3.78. The van der Waals surface area contributed by atoms with E-state index in [1.165, 1.54) is 0 Å². The molecule has 0 N–H and O–H groups in total. The molecular formula is C28H14F10O4S2. The van der Waals surface area contributed by atoms with Gasteiger partial charge >= 0.3 is 0 Å². The highest BCUT2D eigenvalue weighted by atomic mass is 32.1. The van der Waals surface area contributed by atoms with Crippen molar-refractivity contribution in [3.05, 3.63) is 102 Å². The largest absolute Gasteiger partial charge is 0.287 e. The zero-order chi connectivity index (χ0) is 33.5. The number of thiophene rings is 2. The van der Waals surface area contributed by atoms with Gasteiger partial charge in [0.25, 0.3) is 0 Å². The fourth-order valence-corrected chi connectivity index (χ4v) is 6.14. The van der Waals surface area contributed by atoms with Gasteiger partial charge in [-0.1, -0.05) is 27.7 Å². The standard InChI is InChI=1S/C24H2F10O4S2.2C2H6/c25-9-7(10(26)14(30)17(33)13(9)29)21(37)5-1-3-19(35)20(36)4-2-6(40-24(4)23(3)39-5)22(38)8-11(27)15(31)18(34)16(32)12(8)28;2*1-2/h1-2H;2*1-2H3. The quantitative estimate of drug-likeness (QED) is 0.0717. The Bertz CT molecular complexity index is 1700. The van der Waals surface area contributed by atoms with Gasteiger partial charge in [0.2, 0.25) is 34.8 Å². The first-order chi connectivity index (χ1) is 20.7. The number of rotatable bonds is 4. The molecule has 0 bridgehead atoms. The van der Waals surface area contributed by atoms with Crippen LogP contribution in [0.3, 0.4) is 0 Å². The minimum atomic E-state index is -2.54. The zero-order valence-electron chi connectivity index (χ0n) is 22.4. The summed E-state index contributed by atoms with van der Waals surface area (Å²) in [5.41, 5.74) is -4.87. The molecule has 2 aromatic heterocycles. The van der Waals surface area contributed by atoms with Crippen LogP contribution in [0.5, 0.6) is 0 Å². The molecule has 0 saturated heterocycles. The van der Waals surface area contributed by atoms with Crippen molar-refractivity contribution in [3.8, 4) is 9.75 Å². The van der Waals surface area contributed by atoms with E-state index in [0.717, 1.165) is 0 Å². The molecule has 0 saturated carbocycles. The van der Waals surface area contributed by atoms with Gasteiger partial charge in [-0.3, -0.25) is 19.2 Å². The van der Waals surface area contributed by atoms with Crippen molar-refractivity contribution in [1.29, 1.82) is 0 Å². The summed E-state index contributed by atoms with van der Waals surface area (Å²) in [7, 11) is 0.